The minimum absolute atomic E-state index is 0.168. The van der Waals surface area contributed by atoms with E-state index < -0.39 is 11.9 Å². The van der Waals surface area contributed by atoms with Crippen molar-refractivity contribution in [2.75, 3.05) is 26.7 Å². The summed E-state index contributed by atoms with van der Waals surface area (Å²) in [6, 6.07) is 7.70. The molecule has 120 valence electrons. The van der Waals surface area contributed by atoms with Crippen LogP contribution in [0, 0.1) is 5.92 Å². The van der Waals surface area contributed by atoms with Gasteiger partial charge in [-0.05, 0) is 37.0 Å². The Balaban J connectivity index is 1.66. The van der Waals surface area contributed by atoms with Gasteiger partial charge in [-0.3, -0.25) is 4.79 Å². The van der Waals surface area contributed by atoms with Crippen molar-refractivity contribution in [1.29, 1.82) is 0 Å². The molecule has 2 N–H and O–H groups in total. The molecule has 1 aromatic carbocycles. The van der Waals surface area contributed by atoms with Crippen molar-refractivity contribution in [3.8, 4) is 5.75 Å². The van der Waals surface area contributed by atoms with Crippen LogP contribution in [0.15, 0.2) is 24.3 Å². The molecule has 22 heavy (non-hydrogen) atoms. The van der Waals surface area contributed by atoms with Crippen LogP contribution in [0.25, 0.3) is 0 Å². The number of hydrogen-bond donors (Lipinski definition) is 2. The maximum absolute atomic E-state index is 11.9. The molecule has 1 fully saturated rings. The van der Waals surface area contributed by atoms with Crippen molar-refractivity contribution in [1.82, 2.24) is 10.2 Å². The summed E-state index contributed by atoms with van der Waals surface area (Å²) in [5, 5.41) is 11.8. The second-order valence-electron chi connectivity index (χ2n) is 5.45. The van der Waals surface area contributed by atoms with E-state index in [-0.39, 0.29) is 6.03 Å². The molecule has 6 nitrogen and oxygen atoms in total. The standard InChI is InChI=1S/C16H22N2O4/c1-22-14-6-4-12(5-7-14)3-2-9-17-16(21)18-10-8-13(11-18)15(19)20/h4-7,13H,2-3,8-11H2,1H3,(H,17,21)(H,19,20). The van der Waals surface area contributed by atoms with Gasteiger partial charge in [0.15, 0.2) is 0 Å². The molecular formula is C16H22N2O4. The quantitative estimate of drug-likeness (QED) is 0.785. The minimum atomic E-state index is -0.824. The van der Waals surface area contributed by atoms with Gasteiger partial charge in [-0.2, -0.15) is 0 Å². The molecule has 1 aromatic rings. The van der Waals surface area contributed by atoms with E-state index in [2.05, 4.69) is 5.32 Å². The monoisotopic (exact) mass is 306 g/mol. The number of aliphatic carboxylic acids is 1. The molecule has 1 atom stereocenters. The summed E-state index contributed by atoms with van der Waals surface area (Å²) >= 11 is 0. The van der Waals surface area contributed by atoms with Crippen LogP contribution >= 0.6 is 0 Å². The Kier molecular flexibility index (Phi) is 5.63. The lowest BCUT2D eigenvalue weighted by Crippen LogP contribution is -2.39. The maximum atomic E-state index is 11.9. The molecule has 0 spiro atoms. The van der Waals surface area contributed by atoms with Gasteiger partial charge in [0.05, 0.1) is 13.0 Å². The van der Waals surface area contributed by atoms with Crippen molar-refractivity contribution in [2.24, 2.45) is 5.92 Å². The zero-order valence-corrected chi connectivity index (χ0v) is 12.7. The van der Waals surface area contributed by atoms with Crippen molar-refractivity contribution < 1.29 is 19.4 Å². The third-order valence-corrected chi connectivity index (χ3v) is 3.90. The Labute approximate surface area is 130 Å². The zero-order chi connectivity index (χ0) is 15.9. The van der Waals surface area contributed by atoms with Gasteiger partial charge in [-0.15, -0.1) is 0 Å². The Hall–Kier alpha value is -2.24. The highest BCUT2D eigenvalue weighted by Crippen LogP contribution is 2.16. The number of aryl methyl sites for hydroxylation is 1. The number of likely N-dealkylation sites (tertiary alicyclic amines) is 1. The third-order valence-electron chi connectivity index (χ3n) is 3.90. The second kappa shape index (κ2) is 7.68. The third kappa shape index (κ3) is 4.38. The predicted molar refractivity (Wildman–Crippen MR) is 82.0 cm³/mol. The van der Waals surface area contributed by atoms with E-state index in [1.165, 1.54) is 5.56 Å². The number of carboxylic acid groups (broad SMARTS) is 1. The number of methoxy groups -OCH3 is 1. The molecule has 0 bridgehead atoms. The van der Waals surface area contributed by atoms with E-state index in [1.54, 1.807) is 12.0 Å². The summed E-state index contributed by atoms with van der Waals surface area (Å²) in [6.07, 6.45) is 2.25. The molecule has 6 heteroatoms. The van der Waals surface area contributed by atoms with Gasteiger partial charge in [-0.1, -0.05) is 12.1 Å². The number of carbonyl (C=O) groups excluding carboxylic acids is 1. The molecule has 1 saturated heterocycles. The summed E-state index contributed by atoms with van der Waals surface area (Å²) in [4.78, 5) is 24.4. The predicted octanol–water partition coefficient (Wildman–Crippen LogP) is 1.74. The molecule has 0 radical (unpaired) electrons. The van der Waals surface area contributed by atoms with Crippen LogP contribution in [0.1, 0.15) is 18.4 Å². The van der Waals surface area contributed by atoms with Crippen molar-refractivity contribution in [3.63, 3.8) is 0 Å². The molecule has 0 saturated carbocycles. The molecule has 1 heterocycles. The molecule has 2 rings (SSSR count). The molecule has 0 aromatic heterocycles. The number of carboxylic acids is 1. The lowest BCUT2D eigenvalue weighted by molar-refractivity contribution is -0.141. The van der Waals surface area contributed by atoms with Crippen molar-refractivity contribution in [2.45, 2.75) is 19.3 Å². The molecule has 0 aliphatic carbocycles. The average Bonchev–Trinajstić information content (AvgIpc) is 3.02. The Morgan fingerprint density at radius 1 is 1.36 bits per heavy atom. The van der Waals surface area contributed by atoms with Gasteiger partial charge < -0.3 is 20.1 Å². The first kappa shape index (κ1) is 16.1. The van der Waals surface area contributed by atoms with Gasteiger partial charge in [0.2, 0.25) is 0 Å². The van der Waals surface area contributed by atoms with Crippen LogP contribution in [-0.4, -0.2) is 48.8 Å². The Morgan fingerprint density at radius 2 is 2.09 bits per heavy atom. The minimum Gasteiger partial charge on any atom is -0.497 e. The first-order valence-electron chi connectivity index (χ1n) is 7.48. The topological polar surface area (TPSA) is 78.9 Å². The average molecular weight is 306 g/mol. The number of hydrogen-bond acceptors (Lipinski definition) is 3. The molecule has 1 aliphatic heterocycles. The molecule has 1 unspecified atom stereocenters. The van der Waals surface area contributed by atoms with E-state index in [4.69, 9.17) is 9.84 Å². The van der Waals surface area contributed by atoms with Gasteiger partial charge in [-0.25, -0.2) is 4.79 Å². The number of carbonyl (C=O) groups is 2. The molecular weight excluding hydrogens is 284 g/mol. The van der Waals surface area contributed by atoms with Crippen LogP contribution in [0.5, 0.6) is 5.75 Å². The number of ether oxygens (including phenoxy) is 1. The summed E-state index contributed by atoms with van der Waals surface area (Å²) in [5.41, 5.74) is 1.20. The summed E-state index contributed by atoms with van der Waals surface area (Å²) in [6.45, 7) is 1.40. The van der Waals surface area contributed by atoms with Gasteiger partial charge in [0, 0.05) is 19.6 Å². The lowest BCUT2D eigenvalue weighted by Gasteiger charge is -2.16. The highest BCUT2D eigenvalue weighted by Gasteiger charge is 2.30. The Bertz CT molecular complexity index is 515. The van der Waals surface area contributed by atoms with Crippen LogP contribution in [0.4, 0.5) is 4.79 Å². The summed E-state index contributed by atoms with van der Waals surface area (Å²) in [7, 11) is 1.64. The van der Waals surface area contributed by atoms with Gasteiger partial charge >= 0.3 is 12.0 Å². The molecule has 2 amide bonds. The van der Waals surface area contributed by atoms with E-state index >= 15 is 0 Å². The number of urea groups is 1. The number of nitrogens with one attached hydrogen (secondary N) is 1. The van der Waals surface area contributed by atoms with E-state index in [1.807, 2.05) is 24.3 Å². The molecule has 1 aliphatic rings. The van der Waals surface area contributed by atoms with Crippen LogP contribution in [0.3, 0.4) is 0 Å². The largest absolute Gasteiger partial charge is 0.497 e. The number of amides is 2. The second-order valence-corrected chi connectivity index (χ2v) is 5.45. The zero-order valence-electron chi connectivity index (χ0n) is 12.7. The summed E-state index contributed by atoms with van der Waals surface area (Å²) in [5.74, 6) is -0.418. The van der Waals surface area contributed by atoms with Gasteiger partial charge in [0.25, 0.3) is 0 Å². The number of benzene rings is 1. The lowest BCUT2D eigenvalue weighted by atomic mass is 10.1. The Morgan fingerprint density at radius 3 is 2.68 bits per heavy atom. The van der Waals surface area contributed by atoms with Crippen LogP contribution in [-0.2, 0) is 11.2 Å². The van der Waals surface area contributed by atoms with Crippen molar-refractivity contribution >= 4 is 12.0 Å². The van der Waals surface area contributed by atoms with E-state index in [0.29, 0.717) is 26.1 Å². The normalized spacial score (nSPS) is 17.3. The smallest absolute Gasteiger partial charge is 0.317 e. The fourth-order valence-electron chi connectivity index (χ4n) is 2.54. The summed E-state index contributed by atoms with van der Waals surface area (Å²) < 4.78 is 5.10. The SMILES string of the molecule is COc1ccc(CCCNC(=O)N2CCC(C(=O)O)C2)cc1. The number of rotatable bonds is 6. The first-order valence-corrected chi connectivity index (χ1v) is 7.48. The van der Waals surface area contributed by atoms with Crippen molar-refractivity contribution in [3.05, 3.63) is 29.8 Å². The van der Waals surface area contributed by atoms with Gasteiger partial charge in [0.1, 0.15) is 5.75 Å². The fourth-order valence-corrected chi connectivity index (χ4v) is 2.54. The van der Waals surface area contributed by atoms with E-state index in [0.717, 1.165) is 18.6 Å². The van der Waals surface area contributed by atoms with E-state index in [9.17, 15) is 9.59 Å². The van der Waals surface area contributed by atoms with Crippen LogP contribution in [0.2, 0.25) is 0 Å². The number of nitrogens with zero attached hydrogens (tertiary/aromatic N) is 1. The van der Waals surface area contributed by atoms with Crippen LogP contribution < -0.4 is 10.1 Å². The first-order chi connectivity index (χ1) is 10.6. The maximum Gasteiger partial charge on any atom is 0.317 e. The highest BCUT2D eigenvalue weighted by atomic mass is 16.5. The highest BCUT2D eigenvalue weighted by molar-refractivity contribution is 5.77. The fraction of sp³-hybridized carbons (Fsp3) is 0.500.